The van der Waals surface area contributed by atoms with Gasteiger partial charge < -0.3 is 5.32 Å². The van der Waals surface area contributed by atoms with E-state index in [9.17, 15) is 0 Å². The molecule has 2 rings (SSSR count). The molecule has 0 unspecified atom stereocenters. The Morgan fingerprint density at radius 1 is 1.55 bits per heavy atom. The normalized spacial score (nSPS) is 14.1. The number of nitriles is 1. The minimum Gasteiger partial charge on any atom is -0.307 e. The molecule has 54 valence electrons. The lowest BCUT2D eigenvalue weighted by molar-refractivity contribution is 0.757. The van der Waals surface area contributed by atoms with E-state index in [2.05, 4.69) is 15.3 Å². The Labute approximate surface area is 63.9 Å². The predicted octanol–water partition coefficient (Wildman–Crippen LogP) is -0.0485. The molecule has 0 radical (unpaired) electrons. The number of aromatic nitrogens is 2. The monoisotopic (exact) mass is 146 g/mol. The molecule has 0 bridgehead atoms. The Morgan fingerprint density at radius 2 is 2.45 bits per heavy atom. The molecule has 0 spiro atoms. The largest absolute Gasteiger partial charge is 0.307 e. The zero-order valence-electron chi connectivity index (χ0n) is 5.83. The van der Waals surface area contributed by atoms with E-state index in [1.165, 1.54) is 0 Å². The zero-order chi connectivity index (χ0) is 7.68. The second-order valence-electron chi connectivity index (χ2n) is 2.38. The molecule has 0 atom stereocenters. The van der Waals surface area contributed by atoms with Gasteiger partial charge in [-0.15, -0.1) is 0 Å². The van der Waals surface area contributed by atoms with Crippen molar-refractivity contribution in [3.05, 3.63) is 23.3 Å². The van der Waals surface area contributed by atoms with Crippen molar-refractivity contribution < 1.29 is 0 Å². The predicted molar refractivity (Wildman–Crippen MR) is 37.3 cm³/mol. The van der Waals surface area contributed by atoms with Crippen LogP contribution in [0.3, 0.4) is 0 Å². The Hall–Kier alpha value is -1.47. The molecule has 2 heterocycles. The molecule has 0 amide bonds. The fraction of sp³-hybridized carbons (Fsp3) is 0.286. The molecule has 1 aliphatic heterocycles. The molecule has 0 aromatic carbocycles. The topological polar surface area (TPSA) is 61.6 Å². The Balaban J connectivity index is 2.51. The summed E-state index contributed by atoms with van der Waals surface area (Å²) in [6.45, 7) is 1.58. The maximum atomic E-state index is 8.47. The lowest BCUT2D eigenvalue weighted by atomic mass is 10.3. The summed E-state index contributed by atoms with van der Waals surface area (Å²) in [6.07, 6.45) is 1.71. The smallest absolute Gasteiger partial charge is 0.232 e. The summed E-state index contributed by atoms with van der Waals surface area (Å²) in [7, 11) is 0. The van der Waals surface area contributed by atoms with Crippen LogP contribution >= 0.6 is 0 Å². The van der Waals surface area contributed by atoms with E-state index in [-0.39, 0.29) is 5.82 Å². The van der Waals surface area contributed by atoms with Crippen LogP contribution in [0.5, 0.6) is 0 Å². The van der Waals surface area contributed by atoms with Crippen LogP contribution in [-0.2, 0) is 13.1 Å². The van der Waals surface area contributed by atoms with Crippen LogP contribution in [0.2, 0.25) is 0 Å². The summed E-state index contributed by atoms with van der Waals surface area (Å²) in [4.78, 5) is 7.89. The van der Waals surface area contributed by atoms with Gasteiger partial charge >= 0.3 is 0 Å². The highest BCUT2D eigenvalue weighted by Crippen LogP contribution is 2.10. The van der Waals surface area contributed by atoms with Crippen molar-refractivity contribution in [1.29, 1.82) is 5.26 Å². The van der Waals surface area contributed by atoms with Gasteiger partial charge in [-0.2, -0.15) is 5.26 Å². The third-order valence-electron chi connectivity index (χ3n) is 1.66. The van der Waals surface area contributed by atoms with E-state index in [0.29, 0.717) is 0 Å². The second-order valence-corrected chi connectivity index (χ2v) is 2.38. The van der Waals surface area contributed by atoms with Crippen LogP contribution in [0, 0.1) is 11.3 Å². The van der Waals surface area contributed by atoms with Crippen LogP contribution in [0.15, 0.2) is 6.20 Å². The van der Waals surface area contributed by atoms with Crippen LogP contribution in [0.25, 0.3) is 0 Å². The minimum atomic E-state index is 0.257. The highest BCUT2D eigenvalue weighted by molar-refractivity contribution is 5.24. The van der Waals surface area contributed by atoms with Gasteiger partial charge in [0.15, 0.2) is 0 Å². The lowest BCUT2D eigenvalue weighted by Gasteiger charge is -1.93. The van der Waals surface area contributed by atoms with Crippen molar-refractivity contribution in [2.45, 2.75) is 13.1 Å². The van der Waals surface area contributed by atoms with Gasteiger partial charge in [0.25, 0.3) is 0 Å². The molecule has 4 nitrogen and oxygen atoms in total. The number of nitrogens with zero attached hydrogens (tertiary/aromatic N) is 3. The fourth-order valence-corrected chi connectivity index (χ4v) is 1.11. The number of nitrogens with one attached hydrogen (secondary N) is 1. The zero-order valence-corrected chi connectivity index (χ0v) is 5.83. The molecule has 0 aliphatic carbocycles. The van der Waals surface area contributed by atoms with E-state index >= 15 is 0 Å². The lowest BCUT2D eigenvalue weighted by Crippen LogP contribution is -2.00. The molecule has 1 aromatic rings. The number of hydrogen-bond donors (Lipinski definition) is 1. The molecule has 4 heteroatoms. The maximum Gasteiger partial charge on any atom is 0.232 e. The standard InChI is InChI=1S/C7H6N4/c8-1-7-10-3-5-2-9-4-6(5)11-7/h3,9H,2,4H2. The maximum absolute atomic E-state index is 8.47. The quantitative estimate of drug-likeness (QED) is 0.557. The highest BCUT2D eigenvalue weighted by atomic mass is 15.0. The first-order valence-corrected chi connectivity index (χ1v) is 3.36. The van der Waals surface area contributed by atoms with Crippen LogP contribution in [0.4, 0.5) is 0 Å². The van der Waals surface area contributed by atoms with E-state index in [0.717, 1.165) is 24.3 Å². The summed E-state index contributed by atoms with van der Waals surface area (Å²) in [5, 5.41) is 11.6. The van der Waals surface area contributed by atoms with Crippen molar-refractivity contribution in [2.24, 2.45) is 0 Å². The van der Waals surface area contributed by atoms with Gasteiger partial charge in [-0.1, -0.05) is 0 Å². The van der Waals surface area contributed by atoms with Crippen LogP contribution < -0.4 is 5.32 Å². The van der Waals surface area contributed by atoms with Crippen molar-refractivity contribution >= 4 is 0 Å². The second kappa shape index (κ2) is 2.29. The van der Waals surface area contributed by atoms with E-state index in [4.69, 9.17) is 5.26 Å². The number of hydrogen-bond acceptors (Lipinski definition) is 4. The third kappa shape index (κ3) is 0.954. The van der Waals surface area contributed by atoms with Gasteiger partial charge in [-0.05, 0) is 0 Å². The first-order valence-electron chi connectivity index (χ1n) is 3.36. The molecular weight excluding hydrogens is 140 g/mol. The molecule has 0 saturated carbocycles. The van der Waals surface area contributed by atoms with Crippen LogP contribution in [0.1, 0.15) is 17.1 Å². The SMILES string of the molecule is N#Cc1ncc2c(n1)CNC2. The molecule has 0 fully saturated rings. The summed E-state index contributed by atoms with van der Waals surface area (Å²) in [6, 6.07) is 1.91. The van der Waals surface area contributed by atoms with Gasteiger partial charge in [0, 0.05) is 24.8 Å². The van der Waals surface area contributed by atoms with Crippen molar-refractivity contribution in [3.8, 4) is 6.07 Å². The Morgan fingerprint density at radius 3 is 3.27 bits per heavy atom. The highest BCUT2D eigenvalue weighted by Gasteiger charge is 2.11. The minimum absolute atomic E-state index is 0.257. The number of rotatable bonds is 0. The molecule has 1 aliphatic rings. The molecule has 11 heavy (non-hydrogen) atoms. The summed E-state index contributed by atoms with van der Waals surface area (Å²) in [5.41, 5.74) is 2.06. The first kappa shape index (κ1) is 6.25. The van der Waals surface area contributed by atoms with Gasteiger partial charge in [0.05, 0.1) is 5.69 Å². The fourth-order valence-electron chi connectivity index (χ4n) is 1.11. The number of fused-ring (bicyclic) bond motifs is 1. The molecule has 1 N–H and O–H groups in total. The molecule has 1 aromatic heterocycles. The molecular formula is C7H6N4. The van der Waals surface area contributed by atoms with E-state index in [1.807, 2.05) is 6.07 Å². The van der Waals surface area contributed by atoms with E-state index < -0.39 is 0 Å². The average molecular weight is 146 g/mol. The summed E-state index contributed by atoms with van der Waals surface area (Å²) >= 11 is 0. The first-order chi connectivity index (χ1) is 5.40. The van der Waals surface area contributed by atoms with Gasteiger partial charge in [-0.25, -0.2) is 9.97 Å². The van der Waals surface area contributed by atoms with E-state index in [1.54, 1.807) is 6.20 Å². The summed E-state index contributed by atoms with van der Waals surface area (Å²) in [5.74, 6) is 0.257. The third-order valence-corrected chi connectivity index (χ3v) is 1.66. The van der Waals surface area contributed by atoms with Crippen molar-refractivity contribution in [1.82, 2.24) is 15.3 Å². The molecule has 0 saturated heterocycles. The van der Waals surface area contributed by atoms with Gasteiger partial charge in [0.1, 0.15) is 6.07 Å². The van der Waals surface area contributed by atoms with Gasteiger partial charge in [0.2, 0.25) is 5.82 Å². The van der Waals surface area contributed by atoms with Gasteiger partial charge in [-0.3, -0.25) is 0 Å². The van der Waals surface area contributed by atoms with Crippen LogP contribution in [-0.4, -0.2) is 9.97 Å². The summed E-state index contributed by atoms with van der Waals surface area (Å²) < 4.78 is 0. The van der Waals surface area contributed by atoms with Crippen molar-refractivity contribution in [2.75, 3.05) is 0 Å². The average Bonchev–Trinajstić information content (AvgIpc) is 2.50. The Kier molecular flexibility index (Phi) is 1.30. The van der Waals surface area contributed by atoms with Crippen molar-refractivity contribution in [3.63, 3.8) is 0 Å². The Bertz CT molecular complexity index is 326.